The van der Waals surface area contributed by atoms with Gasteiger partial charge in [-0.15, -0.1) is 10.2 Å². The molecule has 0 aliphatic heterocycles. The van der Waals surface area contributed by atoms with Gasteiger partial charge in [0.15, 0.2) is 21.1 Å². The normalized spacial score (nSPS) is 27.3. The van der Waals surface area contributed by atoms with Crippen LogP contribution in [0.2, 0.25) is 0 Å². The van der Waals surface area contributed by atoms with Crippen LogP contribution in [0.3, 0.4) is 0 Å². The lowest BCUT2D eigenvalue weighted by atomic mass is 9.97. The van der Waals surface area contributed by atoms with Crippen LogP contribution in [-0.4, -0.2) is 44.0 Å². The number of H-pyrrole nitrogens is 1. The Morgan fingerprint density at radius 1 is 1.27 bits per heavy atom. The van der Waals surface area contributed by atoms with Crippen molar-refractivity contribution in [3.63, 3.8) is 0 Å². The molecule has 0 radical (unpaired) electrons. The molecule has 2 fully saturated rings. The van der Waals surface area contributed by atoms with Crippen LogP contribution in [0.1, 0.15) is 50.8 Å². The average molecular weight is 373 g/mol. The second kappa shape index (κ2) is 5.77. The highest BCUT2D eigenvalue weighted by molar-refractivity contribution is 7.92. The van der Waals surface area contributed by atoms with E-state index in [0.717, 1.165) is 54.7 Å². The molecule has 0 amide bonds. The van der Waals surface area contributed by atoms with E-state index in [1.54, 1.807) is 6.20 Å². The van der Waals surface area contributed by atoms with Crippen molar-refractivity contribution in [2.24, 2.45) is 11.8 Å². The van der Waals surface area contributed by atoms with E-state index >= 15 is 0 Å². The highest BCUT2D eigenvalue weighted by Gasteiger charge is 2.40. The van der Waals surface area contributed by atoms with Crippen LogP contribution in [0.4, 0.5) is 0 Å². The summed E-state index contributed by atoms with van der Waals surface area (Å²) in [6.45, 7) is 2.21. The fraction of sp³-hybridized carbons (Fsp3) is 0.611. The van der Waals surface area contributed by atoms with E-state index < -0.39 is 9.84 Å². The molecular weight excluding hydrogens is 350 g/mol. The van der Waals surface area contributed by atoms with E-state index in [1.165, 1.54) is 0 Å². The average Bonchev–Trinajstić information content (AvgIpc) is 3.21. The number of hydrogen-bond acceptors (Lipinski definition) is 5. The summed E-state index contributed by atoms with van der Waals surface area (Å²) in [5.74, 6) is 2.11. The highest BCUT2D eigenvalue weighted by Crippen LogP contribution is 2.44. The Morgan fingerprint density at radius 2 is 2.12 bits per heavy atom. The van der Waals surface area contributed by atoms with Crippen LogP contribution in [0.15, 0.2) is 18.5 Å². The van der Waals surface area contributed by atoms with Crippen molar-refractivity contribution in [2.75, 3.05) is 5.75 Å². The summed E-state index contributed by atoms with van der Waals surface area (Å²) in [4.78, 5) is 7.50. The summed E-state index contributed by atoms with van der Waals surface area (Å²) in [7, 11) is -2.95. The summed E-state index contributed by atoms with van der Waals surface area (Å²) in [5, 5.41) is 8.67. The molecule has 2 aliphatic carbocycles. The zero-order valence-electron chi connectivity index (χ0n) is 14.8. The van der Waals surface area contributed by atoms with Gasteiger partial charge in [-0.2, -0.15) is 0 Å². The van der Waals surface area contributed by atoms with Crippen molar-refractivity contribution in [1.82, 2.24) is 24.6 Å². The molecule has 3 heterocycles. The summed E-state index contributed by atoms with van der Waals surface area (Å²) < 4.78 is 27.2. The van der Waals surface area contributed by atoms with Gasteiger partial charge in [0.1, 0.15) is 5.82 Å². The van der Waals surface area contributed by atoms with E-state index in [9.17, 15) is 8.42 Å². The lowest BCUT2D eigenvalue weighted by Gasteiger charge is -2.26. The minimum absolute atomic E-state index is 0.0867. The van der Waals surface area contributed by atoms with Gasteiger partial charge in [-0.1, -0.05) is 13.3 Å². The van der Waals surface area contributed by atoms with Crippen LogP contribution in [-0.2, 0) is 9.84 Å². The van der Waals surface area contributed by atoms with Crippen LogP contribution >= 0.6 is 0 Å². The molecule has 138 valence electrons. The number of aromatic amines is 1. The smallest absolute Gasteiger partial charge is 0.179 e. The summed E-state index contributed by atoms with van der Waals surface area (Å²) in [6.07, 6.45) is 8.15. The Morgan fingerprint density at radius 3 is 2.88 bits per heavy atom. The predicted octanol–water partition coefficient (Wildman–Crippen LogP) is 2.70. The third kappa shape index (κ3) is 2.46. The number of nitrogens with zero attached hydrogens (tertiary/aromatic N) is 4. The standard InChI is InChI=1S/C18H23N5O2S/c1-11-7-12(10-26(24,25)13-3-2-4-13)8-14(11)18-22-21-16-9-20-17-15(23(16)18)5-6-19-17/h5-6,9,11-14,19H,2-4,7-8,10H2,1H3/t11-,12+,14+/m0/s1. The number of aromatic nitrogens is 5. The fourth-order valence-corrected chi connectivity index (χ4v) is 6.96. The van der Waals surface area contributed by atoms with E-state index in [0.29, 0.717) is 11.7 Å². The number of sulfone groups is 1. The molecule has 3 aromatic rings. The number of hydrogen-bond donors (Lipinski definition) is 1. The quantitative estimate of drug-likeness (QED) is 0.759. The van der Waals surface area contributed by atoms with Gasteiger partial charge < -0.3 is 4.98 Å². The SMILES string of the molecule is C[C@H]1C[C@@H](CS(=O)(=O)C2CCC2)C[C@H]1c1nnc2cnc3[nH]ccc3n12. The Balaban J connectivity index is 1.45. The molecule has 0 bridgehead atoms. The van der Waals surface area contributed by atoms with Gasteiger partial charge in [0, 0.05) is 12.1 Å². The highest BCUT2D eigenvalue weighted by atomic mass is 32.2. The zero-order chi connectivity index (χ0) is 17.9. The van der Waals surface area contributed by atoms with Crippen molar-refractivity contribution in [2.45, 2.75) is 50.2 Å². The first kappa shape index (κ1) is 16.2. The Kier molecular flexibility index (Phi) is 3.60. The zero-order valence-corrected chi connectivity index (χ0v) is 15.6. The van der Waals surface area contributed by atoms with Gasteiger partial charge in [0.05, 0.1) is 22.7 Å². The predicted molar refractivity (Wildman–Crippen MR) is 98.7 cm³/mol. The van der Waals surface area contributed by atoms with E-state index in [1.807, 2.05) is 12.3 Å². The molecule has 0 unspecified atom stereocenters. The molecule has 7 nitrogen and oxygen atoms in total. The second-order valence-electron chi connectivity index (χ2n) is 8.03. The van der Waals surface area contributed by atoms with Crippen LogP contribution in [0, 0.1) is 11.8 Å². The van der Waals surface area contributed by atoms with Gasteiger partial charge in [-0.25, -0.2) is 13.4 Å². The third-order valence-electron chi connectivity index (χ3n) is 6.31. The first-order chi connectivity index (χ1) is 12.5. The minimum Gasteiger partial charge on any atom is -0.345 e. The molecule has 0 aromatic carbocycles. The van der Waals surface area contributed by atoms with Gasteiger partial charge in [0.2, 0.25) is 0 Å². The molecular formula is C18H23N5O2S. The second-order valence-corrected chi connectivity index (χ2v) is 10.4. The lowest BCUT2D eigenvalue weighted by molar-refractivity contribution is 0.465. The van der Waals surface area contributed by atoms with Crippen molar-refractivity contribution in [3.05, 3.63) is 24.3 Å². The summed E-state index contributed by atoms with van der Waals surface area (Å²) >= 11 is 0. The molecule has 2 aliphatic rings. The molecule has 8 heteroatoms. The molecule has 0 spiro atoms. The topological polar surface area (TPSA) is 93.0 Å². The van der Waals surface area contributed by atoms with Crippen LogP contribution in [0.5, 0.6) is 0 Å². The molecule has 1 N–H and O–H groups in total. The third-order valence-corrected chi connectivity index (χ3v) is 8.73. The Bertz CT molecular complexity index is 1070. The van der Waals surface area contributed by atoms with E-state index in [2.05, 4.69) is 31.5 Å². The van der Waals surface area contributed by atoms with E-state index in [-0.39, 0.29) is 17.1 Å². The monoisotopic (exact) mass is 373 g/mol. The fourth-order valence-electron chi connectivity index (χ4n) is 4.71. The first-order valence-electron chi connectivity index (χ1n) is 9.41. The maximum atomic E-state index is 12.6. The Hall–Kier alpha value is -1.96. The molecule has 3 atom stereocenters. The van der Waals surface area contributed by atoms with Gasteiger partial charge >= 0.3 is 0 Å². The Labute approximate surface area is 152 Å². The maximum absolute atomic E-state index is 12.6. The van der Waals surface area contributed by atoms with Gasteiger partial charge in [-0.3, -0.25) is 4.40 Å². The van der Waals surface area contributed by atoms with Gasteiger partial charge in [-0.05, 0) is 43.6 Å². The summed E-state index contributed by atoms with van der Waals surface area (Å²) in [5.41, 5.74) is 2.53. The summed E-state index contributed by atoms with van der Waals surface area (Å²) in [6, 6.07) is 1.99. The van der Waals surface area contributed by atoms with Crippen molar-refractivity contribution in [3.8, 4) is 0 Å². The molecule has 0 saturated heterocycles. The number of nitrogens with one attached hydrogen (secondary N) is 1. The van der Waals surface area contributed by atoms with Crippen molar-refractivity contribution < 1.29 is 8.42 Å². The maximum Gasteiger partial charge on any atom is 0.179 e. The van der Waals surface area contributed by atoms with Crippen molar-refractivity contribution in [1.29, 1.82) is 0 Å². The minimum atomic E-state index is -2.95. The first-order valence-corrected chi connectivity index (χ1v) is 11.1. The van der Waals surface area contributed by atoms with E-state index in [4.69, 9.17) is 0 Å². The molecule has 2 saturated carbocycles. The molecule has 5 rings (SSSR count). The molecule has 26 heavy (non-hydrogen) atoms. The number of fused-ring (bicyclic) bond motifs is 3. The van der Waals surface area contributed by atoms with Gasteiger partial charge in [0.25, 0.3) is 0 Å². The van der Waals surface area contributed by atoms with Crippen molar-refractivity contribution >= 4 is 26.6 Å². The van der Waals surface area contributed by atoms with Crippen LogP contribution < -0.4 is 0 Å². The lowest BCUT2D eigenvalue weighted by Crippen LogP contribution is -2.32. The molecule has 3 aromatic heterocycles. The largest absolute Gasteiger partial charge is 0.345 e. The number of rotatable bonds is 4. The van der Waals surface area contributed by atoms with Crippen LogP contribution in [0.25, 0.3) is 16.8 Å².